The number of carbonyl (C=O) groups excluding carboxylic acids is 1. The molecule has 0 aliphatic carbocycles. The zero-order valence-corrected chi connectivity index (χ0v) is 12.1. The van der Waals surface area contributed by atoms with Crippen molar-refractivity contribution in [2.24, 2.45) is 0 Å². The summed E-state index contributed by atoms with van der Waals surface area (Å²) < 4.78 is 1.06. The molecule has 0 atom stereocenters. The Morgan fingerprint density at radius 1 is 1.33 bits per heavy atom. The molecule has 18 heavy (non-hydrogen) atoms. The highest BCUT2D eigenvalue weighted by molar-refractivity contribution is 9.10. The topological polar surface area (TPSA) is 35.6 Å². The molecule has 1 aliphatic rings. The Morgan fingerprint density at radius 2 is 1.94 bits per heavy atom. The maximum atomic E-state index is 12.2. The molecule has 0 spiro atoms. The summed E-state index contributed by atoms with van der Waals surface area (Å²) in [5.74, 6) is 0. The average Bonchev–Trinajstić information content (AvgIpc) is 2.41. The van der Waals surface area contributed by atoms with Gasteiger partial charge in [-0.1, -0.05) is 28.1 Å². The SMILES string of the molecule is CN(Cc1ccc(Br)cc1)C(=O)N1CCNCC1. The number of hydrogen-bond donors (Lipinski definition) is 1. The molecule has 5 heteroatoms. The van der Waals surface area contributed by atoms with Crippen molar-refractivity contribution >= 4 is 22.0 Å². The number of halogens is 1. The van der Waals surface area contributed by atoms with Gasteiger partial charge in [-0.15, -0.1) is 0 Å². The first kappa shape index (κ1) is 13.4. The first-order valence-corrected chi connectivity index (χ1v) is 6.91. The minimum atomic E-state index is 0.111. The van der Waals surface area contributed by atoms with E-state index < -0.39 is 0 Å². The lowest BCUT2D eigenvalue weighted by atomic mass is 10.2. The fourth-order valence-electron chi connectivity index (χ4n) is 2.03. The summed E-state index contributed by atoms with van der Waals surface area (Å²) in [7, 11) is 1.85. The maximum Gasteiger partial charge on any atom is 0.320 e. The Labute approximate surface area is 116 Å². The molecular weight excluding hydrogens is 294 g/mol. The van der Waals surface area contributed by atoms with E-state index >= 15 is 0 Å². The van der Waals surface area contributed by atoms with Crippen molar-refractivity contribution in [1.29, 1.82) is 0 Å². The molecule has 2 rings (SSSR count). The van der Waals surface area contributed by atoms with Gasteiger partial charge in [0.05, 0.1) is 0 Å². The van der Waals surface area contributed by atoms with Crippen LogP contribution in [0.4, 0.5) is 4.79 Å². The third kappa shape index (κ3) is 3.46. The Balaban J connectivity index is 1.92. The Bertz CT molecular complexity index is 401. The minimum absolute atomic E-state index is 0.111. The highest BCUT2D eigenvalue weighted by Gasteiger charge is 2.19. The van der Waals surface area contributed by atoms with Gasteiger partial charge in [-0.3, -0.25) is 0 Å². The number of carbonyl (C=O) groups is 1. The van der Waals surface area contributed by atoms with E-state index in [9.17, 15) is 4.79 Å². The van der Waals surface area contributed by atoms with Crippen LogP contribution in [0.5, 0.6) is 0 Å². The molecule has 1 heterocycles. The van der Waals surface area contributed by atoms with Gasteiger partial charge in [0.15, 0.2) is 0 Å². The van der Waals surface area contributed by atoms with Crippen LogP contribution in [0.3, 0.4) is 0 Å². The molecule has 0 bridgehead atoms. The third-order valence-corrected chi connectivity index (χ3v) is 3.58. The van der Waals surface area contributed by atoms with Crippen LogP contribution in [0.25, 0.3) is 0 Å². The molecule has 0 unspecified atom stereocenters. The molecule has 1 aliphatic heterocycles. The van der Waals surface area contributed by atoms with Crippen LogP contribution >= 0.6 is 15.9 Å². The van der Waals surface area contributed by atoms with Crippen LogP contribution in [0, 0.1) is 0 Å². The largest absolute Gasteiger partial charge is 0.323 e. The van der Waals surface area contributed by atoms with E-state index in [0.29, 0.717) is 6.54 Å². The summed E-state index contributed by atoms with van der Waals surface area (Å²) in [6.45, 7) is 4.01. The lowest BCUT2D eigenvalue weighted by molar-refractivity contribution is 0.154. The van der Waals surface area contributed by atoms with Crippen molar-refractivity contribution in [3.63, 3.8) is 0 Å². The first-order valence-electron chi connectivity index (χ1n) is 6.12. The summed E-state index contributed by atoms with van der Waals surface area (Å²) in [6.07, 6.45) is 0. The maximum absolute atomic E-state index is 12.2. The highest BCUT2D eigenvalue weighted by atomic mass is 79.9. The first-order chi connectivity index (χ1) is 8.66. The van der Waals surface area contributed by atoms with Gasteiger partial charge in [0, 0.05) is 44.2 Å². The molecule has 2 amide bonds. The molecule has 1 aromatic rings. The smallest absolute Gasteiger partial charge is 0.320 e. The van der Waals surface area contributed by atoms with Crippen molar-refractivity contribution in [3.8, 4) is 0 Å². The van der Waals surface area contributed by atoms with Gasteiger partial charge in [-0.2, -0.15) is 0 Å². The molecule has 0 saturated carbocycles. The molecule has 0 radical (unpaired) electrons. The van der Waals surface area contributed by atoms with E-state index in [2.05, 4.69) is 21.2 Å². The van der Waals surface area contributed by atoms with E-state index in [1.807, 2.05) is 36.2 Å². The fraction of sp³-hybridized carbons (Fsp3) is 0.462. The normalized spacial score (nSPS) is 15.6. The van der Waals surface area contributed by atoms with Gasteiger partial charge in [0.1, 0.15) is 0 Å². The zero-order chi connectivity index (χ0) is 13.0. The standard InChI is InChI=1S/C13H18BrN3O/c1-16(10-11-2-4-12(14)5-3-11)13(18)17-8-6-15-7-9-17/h2-5,15H,6-10H2,1H3. The number of nitrogens with one attached hydrogen (secondary N) is 1. The van der Waals surface area contributed by atoms with Crippen molar-refractivity contribution in [2.75, 3.05) is 33.2 Å². The predicted molar refractivity (Wildman–Crippen MR) is 75.4 cm³/mol. The Kier molecular flexibility index (Phi) is 4.60. The average molecular weight is 312 g/mol. The lowest BCUT2D eigenvalue weighted by Crippen LogP contribution is -2.50. The second-order valence-electron chi connectivity index (χ2n) is 4.50. The molecule has 1 aromatic carbocycles. The summed E-state index contributed by atoms with van der Waals surface area (Å²) in [5, 5.41) is 3.25. The Hall–Kier alpha value is -1.07. The van der Waals surface area contributed by atoms with Gasteiger partial charge in [0.25, 0.3) is 0 Å². The molecule has 4 nitrogen and oxygen atoms in total. The summed E-state index contributed by atoms with van der Waals surface area (Å²) >= 11 is 3.41. The van der Waals surface area contributed by atoms with Crippen LogP contribution in [0.1, 0.15) is 5.56 Å². The number of hydrogen-bond acceptors (Lipinski definition) is 2. The van der Waals surface area contributed by atoms with Crippen molar-refractivity contribution in [2.45, 2.75) is 6.54 Å². The third-order valence-electron chi connectivity index (χ3n) is 3.05. The van der Waals surface area contributed by atoms with Crippen LogP contribution in [0.15, 0.2) is 28.7 Å². The van der Waals surface area contributed by atoms with E-state index in [-0.39, 0.29) is 6.03 Å². The number of rotatable bonds is 2. The van der Waals surface area contributed by atoms with Crippen molar-refractivity contribution < 1.29 is 4.79 Å². The number of benzene rings is 1. The molecule has 0 aromatic heterocycles. The molecule has 98 valence electrons. The highest BCUT2D eigenvalue weighted by Crippen LogP contribution is 2.12. The van der Waals surface area contributed by atoms with Crippen molar-refractivity contribution in [1.82, 2.24) is 15.1 Å². The molecular formula is C13H18BrN3O. The van der Waals surface area contributed by atoms with Crippen LogP contribution in [0.2, 0.25) is 0 Å². The quantitative estimate of drug-likeness (QED) is 0.905. The molecule has 1 fully saturated rings. The van der Waals surface area contributed by atoms with Gasteiger partial charge in [-0.05, 0) is 17.7 Å². The van der Waals surface area contributed by atoms with E-state index in [4.69, 9.17) is 0 Å². The summed E-state index contributed by atoms with van der Waals surface area (Å²) in [6, 6.07) is 8.17. The molecule has 1 N–H and O–H groups in total. The van der Waals surface area contributed by atoms with E-state index in [0.717, 1.165) is 36.2 Å². The number of urea groups is 1. The van der Waals surface area contributed by atoms with E-state index in [1.165, 1.54) is 0 Å². The van der Waals surface area contributed by atoms with Crippen LogP contribution in [-0.2, 0) is 6.54 Å². The second kappa shape index (κ2) is 6.20. The zero-order valence-electron chi connectivity index (χ0n) is 10.5. The second-order valence-corrected chi connectivity index (χ2v) is 5.42. The summed E-state index contributed by atoms with van der Waals surface area (Å²) in [4.78, 5) is 15.9. The number of piperazine rings is 1. The number of amides is 2. The van der Waals surface area contributed by atoms with Gasteiger partial charge < -0.3 is 15.1 Å². The van der Waals surface area contributed by atoms with Gasteiger partial charge in [-0.25, -0.2) is 4.79 Å². The summed E-state index contributed by atoms with van der Waals surface area (Å²) in [5.41, 5.74) is 1.14. The molecule has 1 saturated heterocycles. The number of nitrogens with zero attached hydrogens (tertiary/aromatic N) is 2. The van der Waals surface area contributed by atoms with Gasteiger partial charge in [0.2, 0.25) is 0 Å². The lowest BCUT2D eigenvalue weighted by Gasteiger charge is -2.31. The van der Waals surface area contributed by atoms with Crippen LogP contribution < -0.4 is 5.32 Å². The van der Waals surface area contributed by atoms with Crippen molar-refractivity contribution in [3.05, 3.63) is 34.3 Å². The minimum Gasteiger partial charge on any atom is -0.323 e. The van der Waals surface area contributed by atoms with E-state index in [1.54, 1.807) is 4.90 Å². The fourth-order valence-corrected chi connectivity index (χ4v) is 2.29. The predicted octanol–water partition coefficient (Wildman–Crippen LogP) is 1.91. The monoisotopic (exact) mass is 311 g/mol. The van der Waals surface area contributed by atoms with Crippen LogP contribution in [-0.4, -0.2) is 49.1 Å². The Morgan fingerprint density at radius 3 is 2.56 bits per heavy atom. The van der Waals surface area contributed by atoms with Gasteiger partial charge >= 0.3 is 6.03 Å².